The molecule has 0 radical (unpaired) electrons. The number of primary amides is 1. The van der Waals surface area contributed by atoms with Crippen LogP contribution in [0.3, 0.4) is 0 Å². The molecule has 3 heteroatoms. The molecule has 0 unspecified atom stereocenters. The van der Waals surface area contributed by atoms with E-state index in [4.69, 9.17) is 5.73 Å². The Bertz CT molecular complexity index is 256. The first-order valence-electron chi connectivity index (χ1n) is 10.8. The number of carbonyl (C=O) groups excluding carboxylic acids is 1. The third kappa shape index (κ3) is 21.3. The van der Waals surface area contributed by atoms with E-state index < -0.39 is 6.03 Å². The molecule has 0 aromatic heterocycles. The second-order valence-electron chi connectivity index (χ2n) is 7.30. The maximum atomic E-state index is 10.5. The molecule has 0 heterocycles. The topological polar surface area (TPSA) is 55.1 Å². The minimum absolute atomic E-state index is 0.401. The summed E-state index contributed by atoms with van der Waals surface area (Å²) < 4.78 is 0. The fourth-order valence-electron chi connectivity index (χ4n) is 3.24. The average molecular weight is 341 g/mol. The Balaban J connectivity index is 2.97. The largest absolute Gasteiger partial charge is 0.352 e. The Kier molecular flexibility index (Phi) is 19.7. The Labute approximate surface area is 151 Å². The van der Waals surface area contributed by atoms with Gasteiger partial charge in [0.15, 0.2) is 0 Å². The molecule has 0 aliphatic heterocycles. The van der Waals surface area contributed by atoms with Crippen molar-refractivity contribution in [2.45, 2.75) is 122 Å². The molecule has 3 N–H and O–H groups in total. The van der Waals surface area contributed by atoms with Crippen molar-refractivity contribution in [3.63, 3.8) is 0 Å². The highest BCUT2D eigenvalue weighted by Crippen LogP contribution is 2.14. The van der Waals surface area contributed by atoms with Gasteiger partial charge in [-0.05, 0) is 6.42 Å². The monoisotopic (exact) mass is 340 g/mol. The highest BCUT2D eigenvalue weighted by Gasteiger charge is 1.95. The molecule has 0 rings (SSSR count). The van der Waals surface area contributed by atoms with Crippen molar-refractivity contribution < 1.29 is 4.79 Å². The molecule has 144 valence electrons. The SMILES string of the molecule is CCCCCCCCCCCCCCCCCCCCNC(N)=O. The van der Waals surface area contributed by atoms with E-state index in [-0.39, 0.29) is 0 Å². The predicted molar refractivity (Wildman–Crippen MR) is 106 cm³/mol. The summed E-state index contributed by atoms with van der Waals surface area (Å²) in [5.74, 6) is 0. The van der Waals surface area contributed by atoms with E-state index in [0.717, 1.165) is 13.0 Å². The zero-order valence-electron chi connectivity index (χ0n) is 16.4. The fraction of sp³-hybridized carbons (Fsp3) is 0.952. The third-order valence-corrected chi connectivity index (χ3v) is 4.83. The maximum Gasteiger partial charge on any atom is 0.312 e. The first kappa shape index (κ1) is 23.3. The van der Waals surface area contributed by atoms with Gasteiger partial charge in [-0.2, -0.15) is 0 Å². The standard InChI is InChI=1S/C21H44N2O/c1-2-3-4-5-6-7-8-9-10-11-12-13-14-15-16-17-18-19-20-23-21(22)24/h2-20H2,1H3,(H3,22,23,24). The van der Waals surface area contributed by atoms with Crippen LogP contribution in [0, 0.1) is 0 Å². The fourth-order valence-corrected chi connectivity index (χ4v) is 3.24. The lowest BCUT2D eigenvalue weighted by Crippen LogP contribution is -2.29. The van der Waals surface area contributed by atoms with E-state index in [9.17, 15) is 4.79 Å². The Hall–Kier alpha value is -0.730. The van der Waals surface area contributed by atoms with Crippen LogP contribution in [0.4, 0.5) is 4.79 Å². The quantitative estimate of drug-likeness (QED) is 0.253. The minimum atomic E-state index is -0.401. The molecule has 0 aromatic rings. The number of nitrogens with two attached hydrogens (primary N) is 1. The lowest BCUT2D eigenvalue weighted by molar-refractivity contribution is 0.248. The summed E-state index contributed by atoms with van der Waals surface area (Å²) in [6.45, 7) is 3.01. The second-order valence-corrected chi connectivity index (χ2v) is 7.30. The smallest absolute Gasteiger partial charge is 0.312 e. The van der Waals surface area contributed by atoms with Gasteiger partial charge in [-0.15, -0.1) is 0 Å². The van der Waals surface area contributed by atoms with Crippen LogP contribution in [0.1, 0.15) is 122 Å². The molecule has 0 saturated carbocycles. The second kappa shape index (κ2) is 20.3. The van der Waals surface area contributed by atoms with E-state index in [1.807, 2.05) is 0 Å². The number of carbonyl (C=O) groups is 1. The van der Waals surface area contributed by atoms with E-state index in [1.54, 1.807) is 0 Å². The highest BCUT2D eigenvalue weighted by atomic mass is 16.2. The lowest BCUT2D eigenvalue weighted by atomic mass is 10.0. The molecule has 24 heavy (non-hydrogen) atoms. The first-order chi connectivity index (χ1) is 11.8. The van der Waals surface area contributed by atoms with Crippen molar-refractivity contribution in [3.8, 4) is 0 Å². The van der Waals surface area contributed by atoms with Gasteiger partial charge >= 0.3 is 6.03 Å². The van der Waals surface area contributed by atoms with Gasteiger partial charge in [0, 0.05) is 6.54 Å². The third-order valence-electron chi connectivity index (χ3n) is 4.83. The van der Waals surface area contributed by atoms with Gasteiger partial charge in [-0.1, -0.05) is 116 Å². The van der Waals surface area contributed by atoms with Crippen molar-refractivity contribution in [2.75, 3.05) is 6.54 Å². The zero-order valence-corrected chi connectivity index (χ0v) is 16.4. The minimum Gasteiger partial charge on any atom is -0.352 e. The number of urea groups is 1. The summed E-state index contributed by atoms with van der Waals surface area (Å²) in [5.41, 5.74) is 5.02. The van der Waals surface area contributed by atoms with E-state index >= 15 is 0 Å². The molecule has 3 nitrogen and oxygen atoms in total. The van der Waals surface area contributed by atoms with Crippen LogP contribution in [-0.4, -0.2) is 12.6 Å². The molecule has 0 aromatic carbocycles. The summed E-state index contributed by atoms with van der Waals surface area (Å²) in [6, 6.07) is -0.401. The van der Waals surface area contributed by atoms with Crippen LogP contribution in [0.2, 0.25) is 0 Å². The van der Waals surface area contributed by atoms with Gasteiger partial charge in [0.05, 0.1) is 0 Å². The first-order valence-corrected chi connectivity index (χ1v) is 10.8. The van der Waals surface area contributed by atoms with Crippen molar-refractivity contribution in [3.05, 3.63) is 0 Å². The summed E-state index contributed by atoms with van der Waals surface area (Å²) in [4.78, 5) is 10.5. The summed E-state index contributed by atoms with van der Waals surface area (Å²) >= 11 is 0. The van der Waals surface area contributed by atoms with Crippen LogP contribution in [-0.2, 0) is 0 Å². The molecule has 0 saturated heterocycles. The average Bonchev–Trinajstić information content (AvgIpc) is 2.56. The summed E-state index contributed by atoms with van der Waals surface area (Å²) in [5, 5.41) is 2.64. The van der Waals surface area contributed by atoms with Crippen molar-refractivity contribution in [1.82, 2.24) is 5.32 Å². The van der Waals surface area contributed by atoms with Gasteiger partial charge in [-0.3, -0.25) is 0 Å². The molecule has 0 aliphatic rings. The molecular weight excluding hydrogens is 296 g/mol. The maximum absolute atomic E-state index is 10.5. The zero-order chi connectivity index (χ0) is 17.7. The molecular formula is C21H44N2O. The molecule has 0 fully saturated rings. The lowest BCUT2D eigenvalue weighted by Gasteiger charge is -2.04. The molecule has 0 spiro atoms. The number of amides is 2. The predicted octanol–water partition coefficient (Wildman–Crippen LogP) is 6.70. The van der Waals surface area contributed by atoms with E-state index in [1.165, 1.54) is 109 Å². The number of hydrogen-bond acceptors (Lipinski definition) is 1. The van der Waals surface area contributed by atoms with Crippen molar-refractivity contribution >= 4 is 6.03 Å². The molecule has 0 bridgehead atoms. The number of unbranched alkanes of at least 4 members (excludes halogenated alkanes) is 17. The van der Waals surface area contributed by atoms with Crippen LogP contribution >= 0.6 is 0 Å². The van der Waals surface area contributed by atoms with Crippen LogP contribution in [0.5, 0.6) is 0 Å². The van der Waals surface area contributed by atoms with Gasteiger partial charge in [-0.25, -0.2) is 4.79 Å². The van der Waals surface area contributed by atoms with Crippen LogP contribution in [0.15, 0.2) is 0 Å². The number of nitrogens with one attached hydrogen (secondary N) is 1. The Morgan fingerprint density at radius 3 is 1.17 bits per heavy atom. The van der Waals surface area contributed by atoms with E-state index in [0.29, 0.717) is 0 Å². The van der Waals surface area contributed by atoms with Gasteiger partial charge < -0.3 is 11.1 Å². The van der Waals surface area contributed by atoms with Crippen LogP contribution in [0.25, 0.3) is 0 Å². The van der Waals surface area contributed by atoms with Crippen molar-refractivity contribution in [1.29, 1.82) is 0 Å². The summed E-state index contributed by atoms with van der Waals surface area (Å²) in [6.07, 6.45) is 24.9. The van der Waals surface area contributed by atoms with Crippen LogP contribution < -0.4 is 11.1 Å². The van der Waals surface area contributed by atoms with Gasteiger partial charge in [0.25, 0.3) is 0 Å². The normalized spacial score (nSPS) is 10.9. The summed E-state index contributed by atoms with van der Waals surface area (Å²) in [7, 11) is 0. The highest BCUT2D eigenvalue weighted by molar-refractivity contribution is 5.71. The number of rotatable bonds is 19. The Morgan fingerprint density at radius 2 is 0.875 bits per heavy atom. The number of hydrogen-bond donors (Lipinski definition) is 2. The van der Waals surface area contributed by atoms with Gasteiger partial charge in [0.2, 0.25) is 0 Å². The van der Waals surface area contributed by atoms with Gasteiger partial charge in [0.1, 0.15) is 0 Å². The Morgan fingerprint density at radius 1 is 0.583 bits per heavy atom. The van der Waals surface area contributed by atoms with Crippen molar-refractivity contribution in [2.24, 2.45) is 5.73 Å². The molecule has 0 aliphatic carbocycles. The molecule has 2 amide bonds. The van der Waals surface area contributed by atoms with E-state index in [2.05, 4.69) is 12.2 Å². The molecule has 0 atom stereocenters.